The quantitative estimate of drug-likeness (QED) is 0.865. The fraction of sp³-hybridized carbons (Fsp3) is 0.133. The molecule has 0 aliphatic carbocycles. The number of anilines is 1. The van der Waals surface area contributed by atoms with E-state index in [0.29, 0.717) is 6.54 Å². The van der Waals surface area contributed by atoms with Crippen LogP contribution in [0.25, 0.3) is 0 Å². The Bertz CT molecular complexity index is 543. The van der Waals surface area contributed by atoms with Crippen LogP contribution in [0.5, 0.6) is 0 Å². The summed E-state index contributed by atoms with van der Waals surface area (Å²) >= 11 is 0. The molecule has 19 heavy (non-hydrogen) atoms. The van der Waals surface area contributed by atoms with Crippen LogP contribution in [0.1, 0.15) is 5.56 Å². The molecule has 2 rings (SSSR count). The van der Waals surface area contributed by atoms with Crippen LogP contribution in [-0.4, -0.2) is 12.5 Å². The zero-order valence-electron chi connectivity index (χ0n) is 10.4. The maximum atomic E-state index is 12.9. The van der Waals surface area contributed by atoms with Crippen LogP contribution in [0, 0.1) is 5.82 Å². The van der Waals surface area contributed by atoms with Crippen LogP contribution >= 0.6 is 0 Å². The monoisotopic (exact) mass is 258 g/mol. The van der Waals surface area contributed by atoms with Crippen molar-refractivity contribution in [1.82, 2.24) is 5.32 Å². The highest BCUT2D eigenvalue weighted by Crippen LogP contribution is 2.04. The van der Waals surface area contributed by atoms with Gasteiger partial charge in [0.25, 0.3) is 0 Å². The summed E-state index contributed by atoms with van der Waals surface area (Å²) in [6.45, 7) is 0.520. The van der Waals surface area contributed by atoms with E-state index in [1.54, 1.807) is 12.1 Å². The number of rotatable bonds is 5. The average molecular weight is 258 g/mol. The maximum Gasteiger partial charge on any atom is 0.239 e. The SMILES string of the molecule is O=C(CNc1ccccc1)NCc1cccc(F)c1. The van der Waals surface area contributed by atoms with Crippen LogP contribution < -0.4 is 10.6 Å². The second-order valence-corrected chi connectivity index (χ2v) is 4.13. The van der Waals surface area contributed by atoms with Crippen molar-refractivity contribution >= 4 is 11.6 Å². The molecule has 98 valence electrons. The molecule has 0 radical (unpaired) electrons. The molecular formula is C15H15FN2O. The van der Waals surface area contributed by atoms with Crippen LogP contribution in [0.4, 0.5) is 10.1 Å². The third-order valence-electron chi connectivity index (χ3n) is 2.61. The summed E-state index contributed by atoms with van der Waals surface area (Å²) in [5, 5.41) is 5.73. The molecule has 0 saturated carbocycles. The van der Waals surface area contributed by atoms with Crippen molar-refractivity contribution in [3.63, 3.8) is 0 Å². The van der Waals surface area contributed by atoms with Gasteiger partial charge >= 0.3 is 0 Å². The van der Waals surface area contributed by atoms with Crippen molar-refractivity contribution in [2.75, 3.05) is 11.9 Å². The summed E-state index contributed by atoms with van der Waals surface area (Å²) < 4.78 is 12.9. The maximum absolute atomic E-state index is 12.9. The van der Waals surface area contributed by atoms with Gasteiger partial charge in [-0.3, -0.25) is 4.79 Å². The molecule has 2 aromatic rings. The van der Waals surface area contributed by atoms with Gasteiger partial charge in [-0.05, 0) is 29.8 Å². The third-order valence-corrected chi connectivity index (χ3v) is 2.61. The van der Waals surface area contributed by atoms with Crippen molar-refractivity contribution in [3.8, 4) is 0 Å². The molecule has 2 aromatic carbocycles. The standard InChI is InChI=1S/C15H15FN2O/c16-13-6-4-5-12(9-13)10-18-15(19)11-17-14-7-2-1-3-8-14/h1-9,17H,10-11H2,(H,18,19). The normalized spacial score (nSPS) is 9.95. The first kappa shape index (κ1) is 13.1. The predicted octanol–water partition coefficient (Wildman–Crippen LogP) is 2.55. The summed E-state index contributed by atoms with van der Waals surface area (Å²) in [6.07, 6.45) is 0. The van der Waals surface area contributed by atoms with E-state index in [-0.39, 0.29) is 18.3 Å². The number of halogens is 1. The van der Waals surface area contributed by atoms with Gasteiger partial charge in [0, 0.05) is 12.2 Å². The minimum absolute atomic E-state index is 0.131. The van der Waals surface area contributed by atoms with E-state index >= 15 is 0 Å². The zero-order chi connectivity index (χ0) is 13.5. The van der Waals surface area contributed by atoms with Gasteiger partial charge in [0.1, 0.15) is 5.82 Å². The fourth-order valence-electron chi connectivity index (χ4n) is 1.65. The predicted molar refractivity (Wildman–Crippen MR) is 73.2 cm³/mol. The summed E-state index contributed by atoms with van der Waals surface area (Å²) in [7, 11) is 0. The van der Waals surface area contributed by atoms with Crippen LogP contribution in [0.3, 0.4) is 0 Å². The molecule has 0 heterocycles. The Morgan fingerprint density at radius 2 is 1.84 bits per heavy atom. The largest absolute Gasteiger partial charge is 0.376 e. The lowest BCUT2D eigenvalue weighted by Gasteiger charge is -2.07. The number of hydrogen-bond acceptors (Lipinski definition) is 2. The van der Waals surface area contributed by atoms with Crippen molar-refractivity contribution in [1.29, 1.82) is 0 Å². The van der Waals surface area contributed by atoms with Crippen LogP contribution in [0.2, 0.25) is 0 Å². The molecule has 3 nitrogen and oxygen atoms in total. The Morgan fingerprint density at radius 1 is 1.05 bits per heavy atom. The van der Waals surface area contributed by atoms with Crippen molar-refractivity contribution in [3.05, 3.63) is 66.0 Å². The van der Waals surface area contributed by atoms with Gasteiger partial charge in [-0.2, -0.15) is 0 Å². The molecule has 0 aliphatic heterocycles. The van der Waals surface area contributed by atoms with Crippen LogP contribution in [0.15, 0.2) is 54.6 Å². The second-order valence-electron chi connectivity index (χ2n) is 4.13. The van der Waals surface area contributed by atoms with E-state index in [9.17, 15) is 9.18 Å². The average Bonchev–Trinajstić information content (AvgIpc) is 2.44. The lowest BCUT2D eigenvalue weighted by molar-refractivity contribution is -0.119. The van der Waals surface area contributed by atoms with E-state index in [1.807, 2.05) is 30.3 Å². The molecule has 0 bridgehead atoms. The van der Waals surface area contributed by atoms with E-state index < -0.39 is 0 Å². The Morgan fingerprint density at radius 3 is 2.58 bits per heavy atom. The molecule has 0 fully saturated rings. The fourth-order valence-corrected chi connectivity index (χ4v) is 1.65. The molecule has 0 spiro atoms. The Hall–Kier alpha value is -2.36. The number of carbonyl (C=O) groups is 1. The minimum Gasteiger partial charge on any atom is -0.376 e. The number of nitrogens with one attached hydrogen (secondary N) is 2. The number of carbonyl (C=O) groups excluding carboxylic acids is 1. The number of benzene rings is 2. The van der Waals surface area contributed by atoms with Crippen LogP contribution in [-0.2, 0) is 11.3 Å². The van der Waals surface area contributed by atoms with Gasteiger partial charge in [0.15, 0.2) is 0 Å². The number of amides is 1. The molecule has 0 atom stereocenters. The zero-order valence-corrected chi connectivity index (χ0v) is 10.4. The van der Waals surface area contributed by atoms with Crippen molar-refractivity contribution < 1.29 is 9.18 Å². The molecule has 1 amide bonds. The molecular weight excluding hydrogens is 243 g/mol. The summed E-state index contributed by atoms with van der Waals surface area (Å²) in [5.41, 5.74) is 1.64. The number of para-hydroxylation sites is 1. The lowest BCUT2D eigenvalue weighted by Crippen LogP contribution is -2.29. The van der Waals surface area contributed by atoms with Crippen molar-refractivity contribution in [2.45, 2.75) is 6.54 Å². The summed E-state index contributed by atoms with van der Waals surface area (Å²) in [5.74, 6) is -0.428. The van der Waals surface area contributed by atoms with E-state index in [4.69, 9.17) is 0 Å². The van der Waals surface area contributed by atoms with Gasteiger partial charge in [0.2, 0.25) is 5.91 Å². The molecule has 0 saturated heterocycles. The second kappa shape index (κ2) is 6.54. The summed E-state index contributed by atoms with van der Waals surface area (Å²) in [4.78, 5) is 11.6. The minimum atomic E-state index is -0.297. The molecule has 2 N–H and O–H groups in total. The van der Waals surface area contributed by atoms with Gasteiger partial charge in [0.05, 0.1) is 6.54 Å². The highest BCUT2D eigenvalue weighted by Gasteiger charge is 2.01. The van der Waals surface area contributed by atoms with E-state index in [2.05, 4.69) is 10.6 Å². The lowest BCUT2D eigenvalue weighted by atomic mass is 10.2. The van der Waals surface area contributed by atoms with E-state index in [1.165, 1.54) is 12.1 Å². The molecule has 4 heteroatoms. The number of hydrogen-bond donors (Lipinski definition) is 2. The van der Waals surface area contributed by atoms with Crippen molar-refractivity contribution in [2.24, 2.45) is 0 Å². The molecule has 0 aromatic heterocycles. The first-order chi connectivity index (χ1) is 9.24. The van der Waals surface area contributed by atoms with Gasteiger partial charge in [-0.15, -0.1) is 0 Å². The molecule has 0 unspecified atom stereocenters. The first-order valence-corrected chi connectivity index (χ1v) is 6.04. The van der Waals surface area contributed by atoms with Gasteiger partial charge in [-0.25, -0.2) is 4.39 Å². The highest BCUT2D eigenvalue weighted by molar-refractivity contribution is 5.80. The Balaban J connectivity index is 1.76. The molecule has 0 aliphatic rings. The van der Waals surface area contributed by atoms with Gasteiger partial charge in [-0.1, -0.05) is 30.3 Å². The first-order valence-electron chi connectivity index (χ1n) is 6.04. The Labute approximate surface area is 111 Å². The third kappa shape index (κ3) is 4.43. The van der Waals surface area contributed by atoms with E-state index in [0.717, 1.165) is 11.3 Å². The smallest absolute Gasteiger partial charge is 0.239 e. The summed E-state index contributed by atoms with van der Waals surface area (Å²) in [6, 6.07) is 15.7. The topological polar surface area (TPSA) is 41.1 Å². The Kier molecular flexibility index (Phi) is 4.50. The highest BCUT2D eigenvalue weighted by atomic mass is 19.1. The van der Waals surface area contributed by atoms with Gasteiger partial charge < -0.3 is 10.6 Å².